The molecule has 0 aliphatic heterocycles. The number of nitrogen functional groups attached to an aromatic ring is 1. The molecule has 2 aromatic rings. The quantitative estimate of drug-likeness (QED) is 0.570. The molecule has 19 heavy (non-hydrogen) atoms. The van der Waals surface area contributed by atoms with Crippen LogP contribution in [0.25, 0.3) is 0 Å². The second-order valence-electron chi connectivity index (χ2n) is 4.18. The normalized spacial score (nSPS) is 10.9. The Morgan fingerprint density at radius 3 is 2.79 bits per heavy atom. The highest BCUT2D eigenvalue weighted by Gasteiger charge is 2.13. The second kappa shape index (κ2) is 5.27. The van der Waals surface area contributed by atoms with Gasteiger partial charge in [0.05, 0.1) is 0 Å². The van der Waals surface area contributed by atoms with Gasteiger partial charge in [-0.3, -0.25) is 9.98 Å². The fourth-order valence-electron chi connectivity index (χ4n) is 1.51. The van der Waals surface area contributed by atoms with Gasteiger partial charge >= 0.3 is 5.69 Å². The number of aromatic nitrogens is 4. The molecule has 2 rings (SSSR count). The summed E-state index contributed by atoms with van der Waals surface area (Å²) in [7, 11) is 0. The van der Waals surface area contributed by atoms with Crippen molar-refractivity contribution < 1.29 is 0 Å². The standard InChI is InChI=1S/C11H14N6OS/c1-6(2)17-10(18)15-16-11(17)19-8-4-3-7(5-14-8)9(12)13/h3-6H,1-2H3,(H3,12,13)(H,15,18). The number of nitrogens with two attached hydrogens (primary N) is 1. The van der Waals surface area contributed by atoms with E-state index < -0.39 is 0 Å². The van der Waals surface area contributed by atoms with E-state index in [4.69, 9.17) is 11.1 Å². The van der Waals surface area contributed by atoms with Crippen LogP contribution in [0, 0.1) is 5.41 Å². The number of rotatable bonds is 4. The Kier molecular flexibility index (Phi) is 3.70. The lowest BCUT2D eigenvalue weighted by Gasteiger charge is -2.08. The molecule has 0 aromatic carbocycles. The molecule has 0 bridgehead atoms. The third kappa shape index (κ3) is 2.84. The Balaban J connectivity index is 2.26. The summed E-state index contributed by atoms with van der Waals surface area (Å²) >= 11 is 1.28. The van der Waals surface area contributed by atoms with Crippen LogP contribution in [0.1, 0.15) is 25.5 Å². The van der Waals surface area contributed by atoms with E-state index in [1.165, 1.54) is 18.0 Å². The third-order valence-corrected chi connectivity index (χ3v) is 3.35. The number of hydrogen-bond acceptors (Lipinski definition) is 5. The molecule has 0 atom stereocenters. The number of pyridine rings is 1. The monoisotopic (exact) mass is 278 g/mol. The number of aromatic amines is 1. The lowest BCUT2D eigenvalue weighted by Crippen LogP contribution is -2.19. The minimum atomic E-state index is -0.238. The minimum Gasteiger partial charge on any atom is -0.384 e. The summed E-state index contributed by atoms with van der Waals surface area (Å²) in [6, 6.07) is 3.47. The summed E-state index contributed by atoms with van der Waals surface area (Å²) < 4.78 is 1.56. The molecular formula is C11H14N6OS. The van der Waals surface area contributed by atoms with E-state index in [0.29, 0.717) is 15.7 Å². The van der Waals surface area contributed by atoms with E-state index in [1.54, 1.807) is 16.7 Å². The molecule has 0 aliphatic carbocycles. The fraction of sp³-hybridized carbons (Fsp3) is 0.273. The molecule has 2 heterocycles. The maximum Gasteiger partial charge on any atom is 0.344 e. The summed E-state index contributed by atoms with van der Waals surface area (Å²) in [4.78, 5) is 15.8. The molecule has 0 saturated heterocycles. The van der Waals surface area contributed by atoms with Crippen molar-refractivity contribution in [3.8, 4) is 0 Å². The highest BCUT2D eigenvalue weighted by atomic mass is 32.2. The fourth-order valence-corrected chi connectivity index (χ4v) is 2.42. The number of nitrogens with zero attached hydrogens (tertiary/aromatic N) is 3. The molecule has 4 N–H and O–H groups in total. The van der Waals surface area contributed by atoms with Crippen LogP contribution in [-0.4, -0.2) is 25.6 Å². The molecule has 0 saturated carbocycles. The van der Waals surface area contributed by atoms with Crippen molar-refractivity contribution in [2.24, 2.45) is 5.73 Å². The van der Waals surface area contributed by atoms with Gasteiger partial charge in [0.2, 0.25) is 0 Å². The van der Waals surface area contributed by atoms with Gasteiger partial charge in [-0.25, -0.2) is 14.9 Å². The highest BCUT2D eigenvalue weighted by molar-refractivity contribution is 7.99. The number of hydrogen-bond donors (Lipinski definition) is 3. The van der Waals surface area contributed by atoms with Gasteiger partial charge in [0.15, 0.2) is 5.16 Å². The number of H-pyrrole nitrogens is 1. The lowest BCUT2D eigenvalue weighted by molar-refractivity contribution is 0.534. The van der Waals surface area contributed by atoms with Crippen LogP contribution in [0.5, 0.6) is 0 Å². The van der Waals surface area contributed by atoms with Crippen molar-refractivity contribution in [2.75, 3.05) is 0 Å². The third-order valence-electron chi connectivity index (χ3n) is 2.43. The summed E-state index contributed by atoms with van der Waals surface area (Å²) in [5, 5.41) is 14.9. The summed E-state index contributed by atoms with van der Waals surface area (Å²) in [5.41, 5.74) is 5.68. The van der Waals surface area contributed by atoms with Gasteiger partial charge in [0, 0.05) is 17.8 Å². The van der Waals surface area contributed by atoms with Gasteiger partial charge in [-0.2, -0.15) is 0 Å². The molecule has 0 fully saturated rings. The molecule has 0 spiro atoms. The average Bonchev–Trinajstić information content (AvgIpc) is 2.71. The largest absolute Gasteiger partial charge is 0.384 e. The van der Waals surface area contributed by atoms with Crippen molar-refractivity contribution in [1.82, 2.24) is 19.7 Å². The molecule has 0 aliphatic rings. The molecule has 0 amide bonds. The van der Waals surface area contributed by atoms with E-state index in [0.717, 1.165) is 0 Å². The molecule has 8 heteroatoms. The molecule has 0 radical (unpaired) electrons. The maximum absolute atomic E-state index is 11.6. The predicted molar refractivity (Wildman–Crippen MR) is 72.6 cm³/mol. The molecule has 100 valence electrons. The summed E-state index contributed by atoms with van der Waals surface area (Å²) in [5.74, 6) is -0.0251. The van der Waals surface area contributed by atoms with E-state index in [1.807, 2.05) is 13.8 Å². The number of amidine groups is 1. The van der Waals surface area contributed by atoms with Gasteiger partial charge in [-0.15, -0.1) is 5.10 Å². The van der Waals surface area contributed by atoms with E-state index in [2.05, 4.69) is 15.2 Å². The summed E-state index contributed by atoms with van der Waals surface area (Å²) in [6.07, 6.45) is 1.52. The zero-order valence-corrected chi connectivity index (χ0v) is 11.4. The molecule has 2 aromatic heterocycles. The smallest absolute Gasteiger partial charge is 0.344 e. The Hall–Kier alpha value is -2.09. The summed E-state index contributed by atoms with van der Waals surface area (Å²) in [6.45, 7) is 3.82. The second-order valence-corrected chi connectivity index (χ2v) is 5.16. The van der Waals surface area contributed by atoms with E-state index >= 15 is 0 Å². The van der Waals surface area contributed by atoms with Crippen LogP contribution in [-0.2, 0) is 0 Å². The first kappa shape index (κ1) is 13.3. The minimum absolute atomic E-state index is 0.0187. The first-order chi connectivity index (χ1) is 8.99. The Bertz CT molecular complexity index is 642. The van der Waals surface area contributed by atoms with Crippen molar-refractivity contribution in [3.63, 3.8) is 0 Å². The number of nitrogens with one attached hydrogen (secondary N) is 2. The zero-order valence-electron chi connectivity index (χ0n) is 10.5. The van der Waals surface area contributed by atoms with Gasteiger partial charge < -0.3 is 5.73 Å². The van der Waals surface area contributed by atoms with E-state index in [-0.39, 0.29) is 17.6 Å². The van der Waals surface area contributed by atoms with Crippen molar-refractivity contribution in [2.45, 2.75) is 30.1 Å². The Morgan fingerprint density at radius 2 is 2.26 bits per heavy atom. The van der Waals surface area contributed by atoms with Crippen molar-refractivity contribution in [1.29, 1.82) is 5.41 Å². The van der Waals surface area contributed by atoms with Crippen molar-refractivity contribution >= 4 is 17.6 Å². The Morgan fingerprint density at radius 1 is 1.53 bits per heavy atom. The van der Waals surface area contributed by atoms with Gasteiger partial charge in [-0.1, -0.05) is 0 Å². The Labute approximate surface area is 113 Å². The van der Waals surface area contributed by atoms with Crippen LogP contribution in [0.15, 0.2) is 33.3 Å². The molecule has 7 nitrogen and oxygen atoms in total. The average molecular weight is 278 g/mol. The van der Waals surface area contributed by atoms with E-state index in [9.17, 15) is 4.79 Å². The predicted octanol–water partition coefficient (Wildman–Crippen LogP) is 0.983. The topological polar surface area (TPSA) is 113 Å². The van der Waals surface area contributed by atoms with Crippen LogP contribution in [0.4, 0.5) is 0 Å². The maximum atomic E-state index is 11.6. The first-order valence-electron chi connectivity index (χ1n) is 5.64. The van der Waals surface area contributed by atoms with Gasteiger partial charge in [0.25, 0.3) is 0 Å². The van der Waals surface area contributed by atoms with Crippen LogP contribution in [0.2, 0.25) is 0 Å². The lowest BCUT2D eigenvalue weighted by atomic mass is 10.3. The molecule has 0 unspecified atom stereocenters. The van der Waals surface area contributed by atoms with Crippen LogP contribution < -0.4 is 11.4 Å². The van der Waals surface area contributed by atoms with Crippen LogP contribution in [0.3, 0.4) is 0 Å². The highest BCUT2D eigenvalue weighted by Crippen LogP contribution is 2.24. The zero-order chi connectivity index (χ0) is 14.0. The SMILES string of the molecule is CC(C)n1c(Sc2ccc(C(=N)N)cn2)n[nH]c1=O. The van der Waals surface area contributed by atoms with Crippen molar-refractivity contribution in [3.05, 3.63) is 34.4 Å². The van der Waals surface area contributed by atoms with Crippen LogP contribution >= 0.6 is 11.8 Å². The molecular weight excluding hydrogens is 264 g/mol. The first-order valence-corrected chi connectivity index (χ1v) is 6.46. The van der Waals surface area contributed by atoms with Gasteiger partial charge in [0.1, 0.15) is 10.9 Å². The van der Waals surface area contributed by atoms with Gasteiger partial charge in [-0.05, 0) is 37.7 Å².